The van der Waals surface area contributed by atoms with Gasteiger partial charge in [-0.2, -0.15) is 0 Å². The molecule has 0 aliphatic rings. The first-order valence-electron chi connectivity index (χ1n) is 9.02. The Hall–Kier alpha value is -1.76. The third-order valence-electron chi connectivity index (χ3n) is 4.39. The number of rotatable bonds is 8. The maximum Gasteiger partial charge on any atom is 0.133 e. The van der Waals surface area contributed by atoms with Gasteiger partial charge in [-0.3, -0.25) is 0 Å². The number of hydrogen-bond acceptors (Lipinski definition) is 1. The molecule has 0 aromatic heterocycles. The lowest BCUT2D eigenvalue weighted by Gasteiger charge is -2.18. The zero-order valence-electron chi connectivity index (χ0n) is 15.1. The topological polar surface area (TPSA) is 9.23 Å². The Balaban J connectivity index is 2.35. The van der Waals surface area contributed by atoms with E-state index in [0.29, 0.717) is 0 Å². The van der Waals surface area contributed by atoms with Crippen molar-refractivity contribution < 1.29 is 4.74 Å². The molecule has 23 heavy (non-hydrogen) atoms. The van der Waals surface area contributed by atoms with Gasteiger partial charge in [-0.05, 0) is 61.8 Å². The molecule has 0 fully saturated rings. The van der Waals surface area contributed by atoms with Gasteiger partial charge in [0.25, 0.3) is 0 Å². The fourth-order valence-corrected chi connectivity index (χ4v) is 2.95. The molecule has 0 unspecified atom stereocenters. The van der Waals surface area contributed by atoms with Crippen molar-refractivity contribution in [2.75, 3.05) is 0 Å². The number of para-hydroxylation sites is 2. The minimum Gasteiger partial charge on any atom is -0.456 e. The predicted molar refractivity (Wildman–Crippen MR) is 99.7 cm³/mol. The Labute approximate surface area is 141 Å². The summed E-state index contributed by atoms with van der Waals surface area (Å²) >= 11 is 0. The van der Waals surface area contributed by atoms with E-state index >= 15 is 0 Å². The third kappa shape index (κ3) is 4.60. The summed E-state index contributed by atoms with van der Waals surface area (Å²) in [5, 5.41) is 0. The highest BCUT2D eigenvalue weighted by Crippen LogP contribution is 2.34. The van der Waals surface area contributed by atoms with Crippen LogP contribution in [0, 0.1) is 13.8 Å². The third-order valence-corrected chi connectivity index (χ3v) is 4.39. The standard InChI is InChI=1S/C22H30O/c1-5-7-13-19-15-9-11-17(3)21(19)23-22-18(4)12-10-16-20(22)14-8-6-2/h9-12,15-16H,5-8,13-14H2,1-4H3. The lowest BCUT2D eigenvalue weighted by molar-refractivity contribution is 0.460. The molecule has 124 valence electrons. The molecule has 2 aromatic rings. The Morgan fingerprint density at radius 2 is 1.13 bits per heavy atom. The van der Waals surface area contributed by atoms with Gasteiger partial charge in [-0.25, -0.2) is 0 Å². The number of unbranched alkanes of at least 4 members (excludes halogenated alkanes) is 2. The summed E-state index contributed by atoms with van der Waals surface area (Å²) in [7, 11) is 0. The molecular formula is C22H30O. The molecule has 1 nitrogen and oxygen atoms in total. The van der Waals surface area contributed by atoms with Crippen molar-refractivity contribution in [3.05, 3.63) is 58.7 Å². The minimum atomic E-state index is 1.06. The van der Waals surface area contributed by atoms with Gasteiger partial charge in [0.1, 0.15) is 11.5 Å². The maximum absolute atomic E-state index is 6.50. The first-order valence-corrected chi connectivity index (χ1v) is 9.02. The van der Waals surface area contributed by atoms with E-state index in [1.54, 1.807) is 0 Å². The summed E-state index contributed by atoms with van der Waals surface area (Å²) in [6.07, 6.45) is 7.00. The van der Waals surface area contributed by atoms with Crippen LogP contribution in [0.5, 0.6) is 11.5 Å². The van der Waals surface area contributed by atoms with Crippen molar-refractivity contribution in [1.29, 1.82) is 0 Å². The van der Waals surface area contributed by atoms with Crippen molar-refractivity contribution in [3.63, 3.8) is 0 Å². The van der Waals surface area contributed by atoms with Crippen molar-refractivity contribution in [3.8, 4) is 11.5 Å². The molecule has 2 aromatic carbocycles. The van der Waals surface area contributed by atoms with Crippen LogP contribution in [0.25, 0.3) is 0 Å². The summed E-state index contributed by atoms with van der Waals surface area (Å²) in [6.45, 7) is 8.77. The number of hydrogen-bond donors (Lipinski definition) is 0. The Bertz CT molecular complexity index is 572. The lowest BCUT2D eigenvalue weighted by Crippen LogP contribution is -1.99. The first-order chi connectivity index (χ1) is 11.2. The molecule has 0 bridgehead atoms. The second-order valence-electron chi connectivity index (χ2n) is 6.44. The predicted octanol–water partition coefficient (Wildman–Crippen LogP) is 6.78. The molecule has 0 spiro atoms. The molecule has 0 saturated carbocycles. The molecule has 2 rings (SSSR count). The van der Waals surface area contributed by atoms with E-state index in [4.69, 9.17) is 4.74 Å². The number of aryl methyl sites for hydroxylation is 4. The SMILES string of the molecule is CCCCc1cccc(C)c1Oc1c(C)cccc1CCCC. The second-order valence-corrected chi connectivity index (χ2v) is 6.44. The van der Waals surface area contributed by atoms with Gasteiger partial charge >= 0.3 is 0 Å². The van der Waals surface area contributed by atoms with Crippen LogP contribution in [0.4, 0.5) is 0 Å². The minimum absolute atomic E-state index is 1.06. The quantitative estimate of drug-likeness (QED) is 0.522. The van der Waals surface area contributed by atoms with Gasteiger partial charge in [0.05, 0.1) is 0 Å². The number of benzene rings is 2. The van der Waals surface area contributed by atoms with Gasteiger partial charge in [-0.1, -0.05) is 63.1 Å². The molecule has 0 atom stereocenters. The van der Waals surface area contributed by atoms with Gasteiger partial charge < -0.3 is 4.74 Å². The van der Waals surface area contributed by atoms with Crippen LogP contribution < -0.4 is 4.74 Å². The van der Waals surface area contributed by atoms with Crippen molar-refractivity contribution in [2.45, 2.75) is 66.2 Å². The molecule has 0 N–H and O–H groups in total. The maximum atomic E-state index is 6.50. The van der Waals surface area contributed by atoms with Crippen molar-refractivity contribution in [2.24, 2.45) is 0 Å². The first kappa shape index (κ1) is 17.6. The molecule has 0 aliphatic heterocycles. The van der Waals surface area contributed by atoms with Crippen LogP contribution in [0.3, 0.4) is 0 Å². The molecule has 0 amide bonds. The molecular weight excluding hydrogens is 280 g/mol. The normalized spacial score (nSPS) is 10.8. The monoisotopic (exact) mass is 310 g/mol. The van der Waals surface area contributed by atoms with E-state index in [9.17, 15) is 0 Å². The van der Waals surface area contributed by atoms with Crippen LogP contribution in [0.2, 0.25) is 0 Å². The lowest BCUT2D eigenvalue weighted by atomic mass is 10.0. The zero-order valence-corrected chi connectivity index (χ0v) is 15.1. The van der Waals surface area contributed by atoms with E-state index in [-0.39, 0.29) is 0 Å². The van der Waals surface area contributed by atoms with Gasteiger partial charge in [0, 0.05) is 0 Å². The van der Waals surface area contributed by atoms with Crippen LogP contribution in [-0.2, 0) is 12.8 Å². The van der Waals surface area contributed by atoms with Crippen molar-refractivity contribution >= 4 is 0 Å². The van der Waals surface area contributed by atoms with E-state index < -0.39 is 0 Å². The van der Waals surface area contributed by atoms with Gasteiger partial charge in [-0.15, -0.1) is 0 Å². The molecule has 0 saturated heterocycles. The molecule has 1 heteroatoms. The highest BCUT2D eigenvalue weighted by Gasteiger charge is 2.12. The van der Waals surface area contributed by atoms with E-state index in [0.717, 1.165) is 24.3 Å². The van der Waals surface area contributed by atoms with Crippen LogP contribution in [0.15, 0.2) is 36.4 Å². The fourth-order valence-electron chi connectivity index (χ4n) is 2.95. The van der Waals surface area contributed by atoms with Crippen LogP contribution >= 0.6 is 0 Å². The largest absolute Gasteiger partial charge is 0.456 e. The summed E-state index contributed by atoms with van der Waals surface area (Å²) in [5.41, 5.74) is 5.11. The average Bonchev–Trinajstić information content (AvgIpc) is 2.55. The highest BCUT2D eigenvalue weighted by molar-refractivity contribution is 5.48. The van der Waals surface area contributed by atoms with Gasteiger partial charge in [0.15, 0.2) is 0 Å². The molecule has 0 radical (unpaired) electrons. The summed E-state index contributed by atoms with van der Waals surface area (Å²) < 4.78 is 6.50. The number of ether oxygens (including phenoxy) is 1. The summed E-state index contributed by atoms with van der Waals surface area (Å²) in [6, 6.07) is 13.0. The Morgan fingerprint density at radius 1 is 0.696 bits per heavy atom. The zero-order chi connectivity index (χ0) is 16.7. The van der Waals surface area contributed by atoms with Gasteiger partial charge in [0.2, 0.25) is 0 Å². The summed E-state index contributed by atoms with van der Waals surface area (Å²) in [4.78, 5) is 0. The Morgan fingerprint density at radius 3 is 1.52 bits per heavy atom. The van der Waals surface area contributed by atoms with Crippen LogP contribution in [-0.4, -0.2) is 0 Å². The van der Waals surface area contributed by atoms with E-state index in [1.165, 1.54) is 47.9 Å². The second kappa shape index (κ2) is 8.76. The fraction of sp³-hybridized carbons (Fsp3) is 0.455. The highest BCUT2D eigenvalue weighted by atomic mass is 16.5. The van der Waals surface area contributed by atoms with E-state index in [2.05, 4.69) is 64.1 Å². The Kier molecular flexibility index (Phi) is 6.70. The summed E-state index contributed by atoms with van der Waals surface area (Å²) in [5.74, 6) is 2.13. The van der Waals surface area contributed by atoms with Crippen LogP contribution in [0.1, 0.15) is 61.8 Å². The molecule has 0 aliphatic carbocycles. The molecule has 0 heterocycles. The average molecular weight is 310 g/mol. The smallest absolute Gasteiger partial charge is 0.133 e. The van der Waals surface area contributed by atoms with E-state index in [1.807, 2.05) is 0 Å². The van der Waals surface area contributed by atoms with Crippen molar-refractivity contribution in [1.82, 2.24) is 0 Å².